The molecule has 0 amide bonds. The Labute approximate surface area is 105 Å². The number of carbonyl (C=O) groups is 1. The van der Waals surface area contributed by atoms with E-state index in [4.69, 9.17) is 0 Å². The zero-order valence-electron chi connectivity index (χ0n) is 11.8. The van der Waals surface area contributed by atoms with Crippen molar-refractivity contribution in [3.05, 3.63) is 11.6 Å². The molecule has 98 valence electrons. The minimum Gasteiger partial charge on any atom is -0.481 e. The van der Waals surface area contributed by atoms with Gasteiger partial charge in [-0.3, -0.25) is 4.79 Å². The maximum Gasteiger partial charge on any atom is 0.310 e. The summed E-state index contributed by atoms with van der Waals surface area (Å²) in [4.78, 5) is 11.7. The van der Waals surface area contributed by atoms with E-state index < -0.39 is 11.4 Å². The number of allylic oxidation sites excluding steroid dienone is 2. The summed E-state index contributed by atoms with van der Waals surface area (Å²) < 4.78 is 0. The molecule has 1 fully saturated rings. The summed E-state index contributed by atoms with van der Waals surface area (Å²) in [6.45, 7) is 10.4. The average Bonchev–Trinajstić information content (AvgIpc) is 2.65. The first kappa shape index (κ1) is 14.3. The van der Waals surface area contributed by atoms with Gasteiger partial charge in [0.15, 0.2) is 0 Å². The minimum absolute atomic E-state index is 0.0934. The van der Waals surface area contributed by atoms with Crippen molar-refractivity contribution >= 4 is 5.97 Å². The quantitative estimate of drug-likeness (QED) is 0.554. The Kier molecular flexibility index (Phi) is 4.06. The first-order chi connectivity index (χ1) is 7.80. The van der Waals surface area contributed by atoms with Gasteiger partial charge in [-0.1, -0.05) is 51.7 Å². The molecule has 2 unspecified atom stereocenters. The van der Waals surface area contributed by atoms with Gasteiger partial charge in [-0.2, -0.15) is 0 Å². The third kappa shape index (κ3) is 2.27. The van der Waals surface area contributed by atoms with E-state index in [2.05, 4.69) is 26.8 Å². The number of hydrogen-bond acceptors (Lipinski definition) is 1. The highest BCUT2D eigenvalue weighted by Gasteiger charge is 2.73. The van der Waals surface area contributed by atoms with E-state index in [1.165, 1.54) is 5.57 Å². The van der Waals surface area contributed by atoms with Crippen molar-refractivity contribution < 1.29 is 9.90 Å². The molecule has 1 aliphatic carbocycles. The Morgan fingerprint density at radius 2 is 1.88 bits per heavy atom. The van der Waals surface area contributed by atoms with Crippen LogP contribution in [0.3, 0.4) is 0 Å². The van der Waals surface area contributed by atoms with Crippen molar-refractivity contribution in [1.29, 1.82) is 0 Å². The molecule has 1 saturated carbocycles. The van der Waals surface area contributed by atoms with Crippen molar-refractivity contribution in [3.8, 4) is 0 Å². The standard InChI is InChI=1S/C15H26O2/c1-6-7-8-9-15(13(16)17)12(10-11(2)3)14(15,4)5/h10,12H,6-9H2,1-5H3,(H,16,17). The molecule has 0 saturated heterocycles. The fourth-order valence-electron chi connectivity index (χ4n) is 3.23. The normalized spacial score (nSPS) is 29.8. The molecule has 2 nitrogen and oxygen atoms in total. The van der Waals surface area contributed by atoms with Gasteiger partial charge in [0.05, 0.1) is 5.41 Å². The summed E-state index contributed by atoms with van der Waals surface area (Å²) in [5.74, 6) is -0.407. The molecule has 0 radical (unpaired) electrons. The van der Waals surface area contributed by atoms with Gasteiger partial charge in [-0.05, 0) is 31.6 Å². The molecule has 0 aromatic rings. The third-order valence-electron chi connectivity index (χ3n) is 4.43. The molecular formula is C15H26O2. The summed E-state index contributed by atoms with van der Waals surface area (Å²) in [5.41, 5.74) is 0.616. The molecule has 1 N–H and O–H groups in total. The molecule has 0 aromatic heterocycles. The molecule has 0 heterocycles. The van der Waals surface area contributed by atoms with E-state index in [1.54, 1.807) is 0 Å². The van der Waals surface area contributed by atoms with Gasteiger partial charge in [0.25, 0.3) is 0 Å². The zero-order valence-corrected chi connectivity index (χ0v) is 11.8. The minimum atomic E-state index is -0.610. The fraction of sp³-hybridized carbons (Fsp3) is 0.800. The van der Waals surface area contributed by atoms with Gasteiger partial charge in [0.1, 0.15) is 0 Å². The van der Waals surface area contributed by atoms with Crippen LogP contribution in [-0.2, 0) is 4.79 Å². The topological polar surface area (TPSA) is 37.3 Å². The molecule has 0 spiro atoms. The second-order valence-electron chi connectivity index (χ2n) is 6.18. The predicted molar refractivity (Wildman–Crippen MR) is 70.9 cm³/mol. The number of hydrogen-bond donors (Lipinski definition) is 1. The summed E-state index contributed by atoms with van der Waals surface area (Å²) in [5, 5.41) is 9.59. The molecule has 1 aliphatic rings. The summed E-state index contributed by atoms with van der Waals surface area (Å²) in [7, 11) is 0. The van der Waals surface area contributed by atoms with Gasteiger partial charge in [0.2, 0.25) is 0 Å². The summed E-state index contributed by atoms with van der Waals surface area (Å²) >= 11 is 0. The van der Waals surface area contributed by atoms with Gasteiger partial charge in [-0.15, -0.1) is 0 Å². The Bertz CT molecular complexity index is 324. The Balaban J connectivity index is 2.87. The number of unbranched alkanes of at least 4 members (excludes halogenated alkanes) is 2. The molecule has 0 bridgehead atoms. The predicted octanol–water partition coefficient (Wildman–Crippen LogP) is 4.26. The number of carboxylic acid groups (broad SMARTS) is 1. The second-order valence-corrected chi connectivity index (χ2v) is 6.18. The Morgan fingerprint density at radius 3 is 2.29 bits per heavy atom. The van der Waals surface area contributed by atoms with Crippen molar-refractivity contribution in [2.75, 3.05) is 0 Å². The van der Waals surface area contributed by atoms with E-state index in [0.717, 1.165) is 25.7 Å². The highest BCUT2D eigenvalue weighted by atomic mass is 16.4. The van der Waals surface area contributed by atoms with Gasteiger partial charge in [-0.25, -0.2) is 0 Å². The largest absolute Gasteiger partial charge is 0.481 e. The van der Waals surface area contributed by atoms with Crippen LogP contribution in [0.2, 0.25) is 0 Å². The maximum absolute atomic E-state index is 11.7. The van der Waals surface area contributed by atoms with Crippen molar-refractivity contribution in [1.82, 2.24) is 0 Å². The highest BCUT2D eigenvalue weighted by molar-refractivity contribution is 5.81. The van der Waals surface area contributed by atoms with Gasteiger partial charge >= 0.3 is 5.97 Å². The lowest BCUT2D eigenvalue weighted by Crippen LogP contribution is -2.21. The summed E-state index contributed by atoms with van der Waals surface area (Å²) in [6.07, 6.45) is 6.27. The molecule has 17 heavy (non-hydrogen) atoms. The smallest absolute Gasteiger partial charge is 0.310 e. The lowest BCUT2D eigenvalue weighted by Gasteiger charge is -2.14. The van der Waals surface area contributed by atoms with Crippen LogP contribution >= 0.6 is 0 Å². The van der Waals surface area contributed by atoms with Gasteiger partial charge in [0, 0.05) is 0 Å². The van der Waals surface area contributed by atoms with Crippen molar-refractivity contribution in [2.45, 2.75) is 60.3 Å². The lowest BCUT2D eigenvalue weighted by atomic mass is 9.89. The van der Waals surface area contributed by atoms with Crippen molar-refractivity contribution in [3.63, 3.8) is 0 Å². The fourth-order valence-corrected chi connectivity index (χ4v) is 3.23. The van der Waals surface area contributed by atoms with E-state index >= 15 is 0 Å². The Morgan fingerprint density at radius 1 is 1.29 bits per heavy atom. The number of carboxylic acids is 1. The number of aliphatic carboxylic acids is 1. The maximum atomic E-state index is 11.7. The number of rotatable bonds is 6. The molecule has 0 aromatic carbocycles. The van der Waals surface area contributed by atoms with Crippen LogP contribution in [0.25, 0.3) is 0 Å². The van der Waals surface area contributed by atoms with Crippen LogP contribution in [0.15, 0.2) is 11.6 Å². The van der Waals surface area contributed by atoms with Crippen LogP contribution in [0, 0.1) is 16.7 Å². The van der Waals surface area contributed by atoms with E-state index in [-0.39, 0.29) is 11.3 Å². The highest BCUT2D eigenvalue weighted by Crippen LogP contribution is 2.72. The second kappa shape index (κ2) is 4.83. The first-order valence-corrected chi connectivity index (χ1v) is 6.69. The van der Waals surface area contributed by atoms with E-state index in [1.807, 2.05) is 13.8 Å². The van der Waals surface area contributed by atoms with Crippen LogP contribution in [0.4, 0.5) is 0 Å². The lowest BCUT2D eigenvalue weighted by molar-refractivity contribution is -0.145. The molecule has 0 aliphatic heterocycles. The Hall–Kier alpha value is -0.790. The van der Waals surface area contributed by atoms with E-state index in [9.17, 15) is 9.90 Å². The van der Waals surface area contributed by atoms with Gasteiger partial charge < -0.3 is 5.11 Å². The monoisotopic (exact) mass is 238 g/mol. The summed E-state index contributed by atoms with van der Waals surface area (Å²) in [6, 6.07) is 0. The average molecular weight is 238 g/mol. The molecular weight excluding hydrogens is 212 g/mol. The SMILES string of the molecule is CCCCCC1(C(=O)O)C(C=C(C)C)C1(C)C. The third-order valence-corrected chi connectivity index (χ3v) is 4.43. The van der Waals surface area contributed by atoms with Crippen LogP contribution in [0.5, 0.6) is 0 Å². The first-order valence-electron chi connectivity index (χ1n) is 6.69. The van der Waals surface area contributed by atoms with Crippen molar-refractivity contribution in [2.24, 2.45) is 16.7 Å². The van der Waals surface area contributed by atoms with Crippen LogP contribution in [-0.4, -0.2) is 11.1 Å². The zero-order chi connectivity index (χ0) is 13.3. The van der Waals surface area contributed by atoms with Crippen LogP contribution < -0.4 is 0 Å². The molecule has 2 heteroatoms. The van der Waals surface area contributed by atoms with Crippen LogP contribution in [0.1, 0.15) is 60.3 Å². The van der Waals surface area contributed by atoms with E-state index in [0.29, 0.717) is 0 Å². The molecule has 2 atom stereocenters. The molecule has 1 rings (SSSR count).